The van der Waals surface area contributed by atoms with Crippen LogP contribution in [0.5, 0.6) is 5.75 Å². The second kappa shape index (κ2) is 9.83. The fraction of sp³-hybridized carbons (Fsp3) is 0.0833. The number of carbonyl (C=O) groups excluding carboxylic acids is 1. The highest BCUT2D eigenvalue weighted by Gasteiger charge is 2.15. The Labute approximate surface area is 190 Å². The molecular formula is C24H16F4N2O2S. The number of thiazole rings is 1. The lowest BCUT2D eigenvalue weighted by Crippen LogP contribution is -2.23. The summed E-state index contributed by atoms with van der Waals surface area (Å²) in [5.41, 5.74) is 0.869. The van der Waals surface area contributed by atoms with Gasteiger partial charge in [0.25, 0.3) is 5.91 Å². The Morgan fingerprint density at radius 2 is 1.76 bits per heavy atom. The molecule has 0 aliphatic rings. The van der Waals surface area contributed by atoms with Gasteiger partial charge in [0.1, 0.15) is 46.3 Å². The van der Waals surface area contributed by atoms with Gasteiger partial charge in [-0.3, -0.25) is 4.79 Å². The van der Waals surface area contributed by atoms with Crippen LogP contribution in [0, 0.1) is 23.3 Å². The molecule has 0 unspecified atom stereocenters. The van der Waals surface area contributed by atoms with Crippen molar-refractivity contribution in [1.82, 2.24) is 10.3 Å². The number of ether oxygens (including phenoxy) is 1. The van der Waals surface area contributed by atoms with E-state index in [1.165, 1.54) is 29.6 Å². The van der Waals surface area contributed by atoms with Gasteiger partial charge in [0.2, 0.25) is 0 Å². The summed E-state index contributed by atoms with van der Waals surface area (Å²) < 4.78 is 60.2. The Hall–Kier alpha value is -3.72. The zero-order valence-electron chi connectivity index (χ0n) is 16.9. The van der Waals surface area contributed by atoms with Crippen LogP contribution in [0.4, 0.5) is 17.6 Å². The van der Waals surface area contributed by atoms with Gasteiger partial charge in [0, 0.05) is 29.1 Å². The molecule has 0 saturated carbocycles. The Balaban J connectivity index is 1.41. The van der Waals surface area contributed by atoms with Crippen LogP contribution in [0.15, 0.2) is 66.0 Å². The molecule has 3 aromatic carbocycles. The summed E-state index contributed by atoms with van der Waals surface area (Å²) in [6, 6.07) is 12.9. The van der Waals surface area contributed by atoms with Crippen molar-refractivity contribution in [2.45, 2.75) is 13.2 Å². The molecule has 4 aromatic rings. The molecule has 0 fully saturated rings. The van der Waals surface area contributed by atoms with E-state index in [0.717, 1.165) is 35.6 Å². The van der Waals surface area contributed by atoms with Gasteiger partial charge >= 0.3 is 0 Å². The second-order valence-corrected chi connectivity index (χ2v) is 7.87. The first-order valence-corrected chi connectivity index (χ1v) is 10.6. The molecule has 168 valence electrons. The van der Waals surface area contributed by atoms with Gasteiger partial charge in [0.05, 0.1) is 0 Å². The second-order valence-electron chi connectivity index (χ2n) is 7.02. The molecule has 1 aromatic heterocycles. The van der Waals surface area contributed by atoms with E-state index in [0.29, 0.717) is 5.56 Å². The van der Waals surface area contributed by atoms with Crippen molar-refractivity contribution in [1.29, 1.82) is 0 Å². The molecule has 4 nitrogen and oxygen atoms in total. The van der Waals surface area contributed by atoms with E-state index in [4.69, 9.17) is 4.74 Å². The van der Waals surface area contributed by atoms with Crippen molar-refractivity contribution in [3.8, 4) is 16.3 Å². The summed E-state index contributed by atoms with van der Waals surface area (Å²) in [7, 11) is 0. The molecule has 0 atom stereocenters. The van der Waals surface area contributed by atoms with E-state index < -0.39 is 29.2 Å². The van der Waals surface area contributed by atoms with Crippen molar-refractivity contribution in [2.75, 3.05) is 0 Å². The minimum absolute atomic E-state index is 0.00769. The van der Waals surface area contributed by atoms with Crippen molar-refractivity contribution in [3.63, 3.8) is 0 Å². The number of hydrogen-bond donors (Lipinski definition) is 1. The Morgan fingerprint density at radius 1 is 0.939 bits per heavy atom. The Kier molecular flexibility index (Phi) is 6.69. The summed E-state index contributed by atoms with van der Waals surface area (Å²) in [5, 5.41) is 4.42. The van der Waals surface area contributed by atoms with Gasteiger partial charge in [-0.05, 0) is 48.0 Å². The van der Waals surface area contributed by atoms with Crippen molar-refractivity contribution < 1.29 is 27.1 Å². The number of rotatable bonds is 7. The Morgan fingerprint density at radius 3 is 2.55 bits per heavy atom. The van der Waals surface area contributed by atoms with Gasteiger partial charge in [-0.25, -0.2) is 22.5 Å². The standard InChI is InChI=1S/C24H16F4N2O2S/c25-16-3-1-2-14(8-16)11-29-23(31)22-13-33-24(30-22)19-6-5-18(10-21(19)28)32-12-15-9-17(26)4-7-20(15)27/h1-10,13H,11-12H2,(H,29,31). The molecule has 1 amide bonds. The van der Waals surface area contributed by atoms with Crippen LogP contribution < -0.4 is 10.1 Å². The lowest BCUT2D eigenvalue weighted by Gasteiger charge is -2.08. The molecule has 0 radical (unpaired) electrons. The normalized spacial score (nSPS) is 10.8. The van der Waals surface area contributed by atoms with E-state index in [1.54, 1.807) is 12.1 Å². The van der Waals surface area contributed by atoms with Crippen LogP contribution in [0.1, 0.15) is 21.6 Å². The summed E-state index contributed by atoms with van der Waals surface area (Å²) in [6.07, 6.45) is 0. The highest BCUT2D eigenvalue weighted by Crippen LogP contribution is 2.29. The number of benzene rings is 3. The first-order valence-electron chi connectivity index (χ1n) is 9.74. The highest BCUT2D eigenvalue weighted by atomic mass is 32.1. The molecule has 0 saturated heterocycles. The highest BCUT2D eigenvalue weighted by molar-refractivity contribution is 7.13. The number of aromatic nitrogens is 1. The molecule has 0 aliphatic heterocycles. The van der Waals surface area contributed by atoms with Crippen LogP contribution >= 0.6 is 11.3 Å². The first kappa shape index (κ1) is 22.5. The maximum Gasteiger partial charge on any atom is 0.271 e. The number of carbonyl (C=O) groups is 1. The fourth-order valence-electron chi connectivity index (χ4n) is 3.00. The van der Waals surface area contributed by atoms with Crippen LogP contribution in [0.3, 0.4) is 0 Å². The van der Waals surface area contributed by atoms with Crippen molar-refractivity contribution >= 4 is 17.2 Å². The third-order valence-electron chi connectivity index (χ3n) is 4.65. The number of hydrogen-bond acceptors (Lipinski definition) is 4. The molecule has 0 spiro atoms. The average molecular weight is 472 g/mol. The van der Waals surface area contributed by atoms with Gasteiger partial charge in [-0.1, -0.05) is 12.1 Å². The predicted octanol–water partition coefficient (Wildman–Crippen LogP) is 5.88. The van der Waals surface area contributed by atoms with E-state index in [1.807, 2.05) is 0 Å². The zero-order valence-corrected chi connectivity index (χ0v) is 17.8. The van der Waals surface area contributed by atoms with Crippen molar-refractivity contribution in [3.05, 3.63) is 106 Å². The summed E-state index contributed by atoms with van der Waals surface area (Å²) in [4.78, 5) is 16.5. The largest absolute Gasteiger partial charge is 0.489 e. The number of nitrogens with zero attached hydrogens (tertiary/aromatic N) is 1. The zero-order chi connectivity index (χ0) is 23.4. The van der Waals surface area contributed by atoms with E-state index in [2.05, 4.69) is 10.3 Å². The van der Waals surface area contributed by atoms with Gasteiger partial charge < -0.3 is 10.1 Å². The summed E-state index contributed by atoms with van der Waals surface area (Å²) in [5.74, 6) is -2.62. The molecule has 0 aliphatic carbocycles. The molecule has 33 heavy (non-hydrogen) atoms. The molecule has 0 bridgehead atoms. The first-order chi connectivity index (χ1) is 15.9. The van der Waals surface area contributed by atoms with Crippen molar-refractivity contribution in [2.24, 2.45) is 0 Å². The third-order valence-corrected chi connectivity index (χ3v) is 5.53. The van der Waals surface area contributed by atoms with Gasteiger partial charge in [-0.15, -0.1) is 11.3 Å². The minimum atomic E-state index is -0.645. The maximum atomic E-state index is 14.6. The average Bonchev–Trinajstić information content (AvgIpc) is 3.28. The van der Waals surface area contributed by atoms with Crippen LogP contribution in [0.2, 0.25) is 0 Å². The monoisotopic (exact) mass is 472 g/mol. The molecule has 1 heterocycles. The van der Waals surface area contributed by atoms with E-state index in [9.17, 15) is 22.4 Å². The summed E-state index contributed by atoms with van der Waals surface area (Å²) >= 11 is 1.08. The number of halogens is 4. The smallest absolute Gasteiger partial charge is 0.271 e. The van der Waals surface area contributed by atoms with E-state index in [-0.39, 0.29) is 40.7 Å². The van der Waals surface area contributed by atoms with Gasteiger partial charge in [0.15, 0.2) is 0 Å². The number of amides is 1. The fourth-order valence-corrected chi connectivity index (χ4v) is 3.82. The number of nitrogens with one attached hydrogen (secondary N) is 1. The molecule has 1 N–H and O–H groups in total. The molecular weight excluding hydrogens is 456 g/mol. The van der Waals surface area contributed by atoms with Gasteiger partial charge in [-0.2, -0.15) is 0 Å². The predicted molar refractivity (Wildman–Crippen MR) is 116 cm³/mol. The molecule has 9 heteroatoms. The third kappa shape index (κ3) is 5.56. The molecule has 4 rings (SSSR count). The SMILES string of the molecule is O=C(NCc1cccc(F)c1)c1csc(-c2ccc(OCc3cc(F)ccc3F)cc2F)n1. The Bertz CT molecular complexity index is 1310. The lowest BCUT2D eigenvalue weighted by atomic mass is 10.2. The maximum absolute atomic E-state index is 14.6. The lowest BCUT2D eigenvalue weighted by molar-refractivity contribution is 0.0946. The quantitative estimate of drug-likeness (QED) is 0.342. The minimum Gasteiger partial charge on any atom is -0.489 e. The topological polar surface area (TPSA) is 51.2 Å². The summed E-state index contributed by atoms with van der Waals surface area (Å²) in [6.45, 7) is -0.148. The van der Waals surface area contributed by atoms with E-state index >= 15 is 0 Å². The van der Waals surface area contributed by atoms with Crippen LogP contribution in [-0.4, -0.2) is 10.9 Å². The van der Waals surface area contributed by atoms with Crippen LogP contribution in [-0.2, 0) is 13.2 Å². The van der Waals surface area contributed by atoms with Crippen LogP contribution in [0.25, 0.3) is 10.6 Å².